The van der Waals surface area contributed by atoms with E-state index < -0.39 is 0 Å². The largest absolute Gasteiger partial charge is 0.270 e. The summed E-state index contributed by atoms with van der Waals surface area (Å²) in [6, 6.07) is 3.30. The number of rotatable bonds is 0. The zero-order valence-electron chi connectivity index (χ0n) is 5.69. The highest BCUT2D eigenvalue weighted by Gasteiger charge is 1.95. The van der Waals surface area contributed by atoms with E-state index >= 15 is 0 Å². The normalized spacial score (nSPS) is 10.2. The average Bonchev–Trinajstić information content (AvgIpc) is 2.04. The van der Waals surface area contributed by atoms with Crippen LogP contribution in [0.4, 0.5) is 0 Å². The van der Waals surface area contributed by atoms with Gasteiger partial charge in [-0.15, -0.1) is 0 Å². The highest BCUT2D eigenvalue weighted by molar-refractivity contribution is 5.81. The lowest BCUT2D eigenvalue weighted by Gasteiger charge is -1.92. The quantitative estimate of drug-likeness (QED) is 0.567. The van der Waals surface area contributed by atoms with Crippen molar-refractivity contribution in [2.75, 3.05) is 0 Å². The van der Waals surface area contributed by atoms with Gasteiger partial charge in [-0.1, -0.05) is 0 Å². The molecule has 0 amide bonds. The predicted molar refractivity (Wildman–Crippen MR) is 39.7 cm³/mol. The van der Waals surface area contributed by atoms with Crippen molar-refractivity contribution in [3.8, 4) is 5.88 Å². The Labute approximate surface area is 63.3 Å². The second-order valence-corrected chi connectivity index (χ2v) is 2.25. The van der Waals surface area contributed by atoms with E-state index in [0.29, 0.717) is 0 Å². The van der Waals surface area contributed by atoms with E-state index in [0.717, 1.165) is 10.8 Å². The van der Waals surface area contributed by atoms with E-state index in [1.165, 1.54) is 6.07 Å². The van der Waals surface area contributed by atoms with Gasteiger partial charge in [-0.25, -0.2) is 4.98 Å². The SMILES string of the molecule is [O]c1cc2cnccc2cn1. The Morgan fingerprint density at radius 3 is 3.00 bits per heavy atom. The number of nitrogens with zero attached hydrogens (tertiary/aromatic N) is 2. The van der Waals surface area contributed by atoms with Crippen molar-refractivity contribution >= 4 is 10.8 Å². The first-order valence-electron chi connectivity index (χ1n) is 3.23. The third kappa shape index (κ3) is 1.00. The summed E-state index contributed by atoms with van der Waals surface area (Å²) in [5.41, 5.74) is 0. The molecule has 0 aromatic carbocycles. The van der Waals surface area contributed by atoms with Gasteiger partial charge in [0.1, 0.15) is 0 Å². The molecule has 2 heterocycles. The summed E-state index contributed by atoms with van der Waals surface area (Å²) in [6.45, 7) is 0. The molecule has 0 unspecified atom stereocenters. The molecule has 0 aliphatic heterocycles. The zero-order valence-corrected chi connectivity index (χ0v) is 5.69. The van der Waals surface area contributed by atoms with Crippen LogP contribution in [0.5, 0.6) is 5.88 Å². The summed E-state index contributed by atoms with van der Waals surface area (Å²) in [4.78, 5) is 7.51. The van der Waals surface area contributed by atoms with Gasteiger partial charge >= 0.3 is 0 Å². The molecule has 0 aliphatic carbocycles. The van der Waals surface area contributed by atoms with Gasteiger partial charge in [-0.3, -0.25) is 10.1 Å². The number of hydrogen-bond acceptors (Lipinski definition) is 2. The minimum absolute atomic E-state index is 0.217. The molecule has 0 saturated carbocycles. The van der Waals surface area contributed by atoms with Crippen molar-refractivity contribution in [3.63, 3.8) is 0 Å². The standard InChI is InChI=1S/C8H5N2O/c11-8-3-7-4-9-2-1-6(7)5-10-8/h1-5H. The van der Waals surface area contributed by atoms with Crippen molar-refractivity contribution in [1.82, 2.24) is 9.97 Å². The number of fused-ring (bicyclic) bond motifs is 1. The van der Waals surface area contributed by atoms with Gasteiger partial charge in [0.2, 0.25) is 0 Å². The minimum Gasteiger partial charge on any atom is -0.267 e. The first-order valence-corrected chi connectivity index (χ1v) is 3.23. The van der Waals surface area contributed by atoms with Crippen molar-refractivity contribution in [1.29, 1.82) is 0 Å². The maximum atomic E-state index is 10.7. The summed E-state index contributed by atoms with van der Waals surface area (Å²) in [5.74, 6) is -0.217. The third-order valence-corrected chi connectivity index (χ3v) is 1.50. The van der Waals surface area contributed by atoms with Crippen molar-refractivity contribution in [2.45, 2.75) is 0 Å². The van der Waals surface area contributed by atoms with Crippen LogP contribution in [0.25, 0.3) is 10.8 Å². The topological polar surface area (TPSA) is 45.7 Å². The van der Waals surface area contributed by atoms with Gasteiger partial charge in [-0.05, 0) is 6.07 Å². The Balaban J connectivity index is 2.83. The molecule has 53 valence electrons. The van der Waals surface area contributed by atoms with E-state index in [1.807, 2.05) is 6.07 Å². The Kier molecular flexibility index (Phi) is 1.22. The number of aromatic nitrogens is 2. The van der Waals surface area contributed by atoms with E-state index in [1.54, 1.807) is 18.6 Å². The van der Waals surface area contributed by atoms with Crippen LogP contribution in [0.15, 0.2) is 30.7 Å². The maximum absolute atomic E-state index is 10.7. The lowest BCUT2D eigenvalue weighted by Crippen LogP contribution is -1.76. The van der Waals surface area contributed by atoms with Gasteiger partial charge in [0.15, 0.2) is 0 Å². The lowest BCUT2D eigenvalue weighted by molar-refractivity contribution is 0.338. The van der Waals surface area contributed by atoms with Crippen LogP contribution in [0, 0.1) is 0 Å². The van der Waals surface area contributed by atoms with Gasteiger partial charge in [-0.2, -0.15) is 0 Å². The van der Waals surface area contributed by atoms with E-state index in [4.69, 9.17) is 0 Å². The van der Waals surface area contributed by atoms with Crippen LogP contribution in [0.3, 0.4) is 0 Å². The molecule has 0 fully saturated rings. The Morgan fingerprint density at radius 1 is 1.18 bits per heavy atom. The highest BCUT2D eigenvalue weighted by atomic mass is 16.3. The molecule has 0 saturated heterocycles. The fourth-order valence-corrected chi connectivity index (χ4v) is 0.959. The summed E-state index contributed by atoms with van der Waals surface area (Å²) in [5, 5.41) is 12.5. The molecule has 0 aliphatic rings. The minimum atomic E-state index is -0.217. The predicted octanol–water partition coefficient (Wildman–Crippen LogP) is 1.77. The molecular formula is C8H5N2O. The summed E-state index contributed by atoms with van der Waals surface area (Å²) >= 11 is 0. The monoisotopic (exact) mass is 145 g/mol. The van der Waals surface area contributed by atoms with Gasteiger partial charge in [0.05, 0.1) is 0 Å². The molecule has 3 nitrogen and oxygen atoms in total. The van der Waals surface area contributed by atoms with Crippen LogP contribution in [-0.2, 0) is 5.11 Å². The maximum Gasteiger partial charge on any atom is 0.270 e. The molecule has 0 atom stereocenters. The van der Waals surface area contributed by atoms with Crippen molar-refractivity contribution in [2.24, 2.45) is 0 Å². The van der Waals surface area contributed by atoms with Crippen LogP contribution < -0.4 is 0 Å². The van der Waals surface area contributed by atoms with E-state index in [9.17, 15) is 5.11 Å². The molecular weight excluding hydrogens is 140 g/mol. The lowest BCUT2D eigenvalue weighted by atomic mass is 10.2. The first-order chi connectivity index (χ1) is 5.36. The molecule has 2 aromatic heterocycles. The number of hydrogen-bond donors (Lipinski definition) is 0. The van der Waals surface area contributed by atoms with Gasteiger partial charge in [0, 0.05) is 35.4 Å². The Morgan fingerprint density at radius 2 is 2.09 bits per heavy atom. The van der Waals surface area contributed by atoms with Gasteiger partial charge < -0.3 is 0 Å². The van der Waals surface area contributed by atoms with Gasteiger partial charge in [0.25, 0.3) is 5.88 Å². The molecule has 3 heteroatoms. The fourth-order valence-electron chi connectivity index (χ4n) is 0.959. The van der Waals surface area contributed by atoms with Crippen molar-refractivity contribution < 1.29 is 5.11 Å². The third-order valence-electron chi connectivity index (χ3n) is 1.50. The highest BCUT2D eigenvalue weighted by Crippen LogP contribution is 2.14. The first kappa shape index (κ1) is 6.09. The smallest absolute Gasteiger partial charge is 0.267 e. The second-order valence-electron chi connectivity index (χ2n) is 2.25. The molecule has 0 N–H and O–H groups in total. The number of pyridine rings is 2. The van der Waals surface area contributed by atoms with E-state index in [-0.39, 0.29) is 5.88 Å². The van der Waals surface area contributed by atoms with Crippen LogP contribution in [-0.4, -0.2) is 9.97 Å². The van der Waals surface area contributed by atoms with Crippen LogP contribution >= 0.6 is 0 Å². The van der Waals surface area contributed by atoms with Crippen LogP contribution in [0.2, 0.25) is 0 Å². The summed E-state index contributed by atoms with van der Waals surface area (Å²) < 4.78 is 0. The second kappa shape index (κ2) is 2.20. The Bertz CT molecular complexity index is 387. The summed E-state index contributed by atoms with van der Waals surface area (Å²) in [6.07, 6.45) is 4.88. The molecule has 2 aromatic rings. The average molecular weight is 145 g/mol. The fraction of sp³-hybridized carbons (Fsp3) is 0. The Hall–Kier alpha value is -1.64. The molecule has 11 heavy (non-hydrogen) atoms. The molecule has 1 radical (unpaired) electrons. The molecule has 2 rings (SSSR count). The zero-order chi connectivity index (χ0) is 7.68. The summed E-state index contributed by atoms with van der Waals surface area (Å²) in [7, 11) is 0. The molecule has 0 bridgehead atoms. The van der Waals surface area contributed by atoms with E-state index in [2.05, 4.69) is 9.97 Å². The van der Waals surface area contributed by atoms with Crippen molar-refractivity contribution in [3.05, 3.63) is 30.7 Å². The van der Waals surface area contributed by atoms with Crippen LogP contribution in [0.1, 0.15) is 0 Å². The molecule has 0 spiro atoms.